The van der Waals surface area contributed by atoms with Crippen molar-refractivity contribution in [2.45, 2.75) is 44.2 Å². The van der Waals surface area contributed by atoms with Gasteiger partial charge in [-0.1, -0.05) is 12.2 Å². The number of piperidine rings is 3. The van der Waals surface area contributed by atoms with E-state index in [0.717, 1.165) is 32.4 Å². The van der Waals surface area contributed by atoms with Crippen molar-refractivity contribution < 1.29 is 9.59 Å². The van der Waals surface area contributed by atoms with Crippen LogP contribution in [0.5, 0.6) is 0 Å². The van der Waals surface area contributed by atoms with Gasteiger partial charge in [-0.2, -0.15) is 0 Å². The summed E-state index contributed by atoms with van der Waals surface area (Å²) >= 11 is 0. The van der Waals surface area contributed by atoms with Gasteiger partial charge in [0.05, 0.1) is 12.0 Å². The zero-order valence-electron chi connectivity index (χ0n) is 11.1. The number of amides is 2. The standard InChI is InChI=1S/C15H20N2O2/c18-14-6-3-5-13-11-8-10(9-17(13)14)12-4-1-2-7-16(12)15(11)19/h3,5,10-13H,1-2,4,6-9H2/t10-,11+,12-,13+/m0/s1. The van der Waals surface area contributed by atoms with Crippen molar-refractivity contribution in [1.29, 1.82) is 0 Å². The Balaban J connectivity index is 1.70. The molecule has 0 radical (unpaired) electrons. The number of nitrogens with zero attached hydrogens (tertiary/aromatic N) is 2. The Morgan fingerprint density at radius 1 is 1.16 bits per heavy atom. The molecule has 4 heteroatoms. The Hall–Kier alpha value is -1.32. The van der Waals surface area contributed by atoms with Gasteiger partial charge in [0.1, 0.15) is 0 Å². The van der Waals surface area contributed by atoms with Gasteiger partial charge in [-0.15, -0.1) is 0 Å². The molecule has 3 saturated heterocycles. The van der Waals surface area contributed by atoms with E-state index in [0.29, 0.717) is 24.3 Å². The van der Waals surface area contributed by atoms with Crippen molar-refractivity contribution in [3.05, 3.63) is 12.2 Å². The zero-order chi connectivity index (χ0) is 13.0. The SMILES string of the molecule is O=C1CC=C[C@@H]2[C@H]3C[C@@H](CN12)[C@@H]1CCCCN1C3=O. The molecule has 4 aliphatic rings. The molecule has 102 valence electrons. The fourth-order valence-corrected chi connectivity index (χ4v) is 4.52. The Labute approximate surface area is 113 Å². The highest BCUT2D eigenvalue weighted by molar-refractivity contribution is 5.85. The lowest BCUT2D eigenvalue weighted by molar-refractivity contribution is -0.160. The minimum Gasteiger partial charge on any atom is -0.339 e. The van der Waals surface area contributed by atoms with Crippen molar-refractivity contribution in [3.8, 4) is 0 Å². The van der Waals surface area contributed by atoms with Crippen LogP contribution in [-0.2, 0) is 9.59 Å². The van der Waals surface area contributed by atoms with Crippen LogP contribution in [0, 0.1) is 11.8 Å². The predicted octanol–water partition coefficient (Wildman–Crippen LogP) is 1.17. The van der Waals surface area contributed by atoms with Gasteiger partial charge in [0, 0.05) is 25.6 Å². The van der Waals surface area contributed by atoms with E-state index >= 15 is 0 Å². The van der Waals surface area contributed by atoms with Crippen LogP contribution in [0.1, 0.15) is 32.1 Å². The first kappa shape index (κ1) is 11.5. The first-order valence-corrected chi connectivity index (χ1v) is 7.52. The number of fused-ring (bicyclic) bond motifs is 6. The van der Waals surface area contributed by atoms with Crippen LogP contribution in [0.25, 0.3) is 0 Å². The summed E-state index contributed by atoms with van der Waals surface area (Å²) in [5, 5.41) is 0. The summed E-state index contributed by atoms with van der Waals surface area (Å²) in [5.74, 6) is 1.04. The molecule has 0 aromatic carbocycles. The predicted molar refractivity (Wildman–Crippen MR) is 70.2 cm³/mol. The second-order valence-corrected chi connectivity index (χ2v) is 6.37. The Morgan fingerprint density at radius 3 is 2.95 bits per heavy atom. The molecule has 4 heterocycles. The number of carbonyl (C=O) groups excluding carboxylic acids is 2. The van der Waals surface area contributed by atoms with E-state index in [2.05, 4.69) is 11.0 Å². The summed E-state index contributed by atoms with van der Waals surface area (Å²) in [7, 11) is 0. The highest BCUT2D eigenvalue weighted by atomic mass is 16.2. The number of hydrogen-bond acceptors (Lipinski definition) is 2. The Bertz CT molecular complexity index is 459. The van der Waals surface area contributed by atoms with Crippen molar-refractivity contribution in [1.82, 2.24) is 9.80 Å². The number of rotatable bonds is 0. The molecule has 4 rings (SSSR count). The minimum absolute atomic E-state index is 0.0219. The zero-order valence-corrected chi connectivity index (χ0v) is 11.1. The lowest BCUT2D eigenvalue weighted by Crippen LogP contribution is -2.65. The second kappa shape index (κ2) is 4.09. The third kappa shape index (κ3) is 1.58. The van der Waals surface area contributed by atoms with Gasteiger partial charge in [0.2, 0.25) is 11.8 Å². The first-order chi connectivity index (χ1) is 9.25. The molecule has 0 aromatic heterocycles. The van der Waals surface area contributed by atoms with Crippen LogP contribution in [0.3, 0.4) is 0 Å². The molecule has 4 aliphatic heterocycles. The maximum Gasteiger partial charge on any atom is 0.228 e. The topological polar surface area (TPSA) is 40.6 Å². The monoisotopic (exact) mass is 260 g/mol. The lowest BCUT2D eigenvalue weighted by atomic mass is 9.71. The largest absolute Gasteiger partial charge is 0.339 e. The van der Waals surface area contributed by atoms with Crippen LogP contribution in [0.4, 0.5) is 0 Å². The van der Waals surface area contributed by atoms with Crippen molar-refractivity contribution in [2.24, 2.45) is 11.8 Å². The molecule has 0 unspecified atom stereocenters. The van der Waals surface area contributed by atoms with E-state index in [1.165, 1.54) is 6.42 Å². The van der Waals surface area contributed by atoms with Gasteiger partial charge >= 0.3 is 0 Å². The van der Waals surface area contributed by atoms with Crippen molar-refractivity contribution in [3.63, 3.8) is 0 Å². The highest BCUT2D eigenvalue weighted by Crippen LogP contribution is 2.42. The molecular weight excluding hydrogens is 240 g/mol. The summed E-state index contributed by atoms with van der Waals surface area (Å²) in [6.07, 6.45) is 9.03. The quantitative estimate of drug-likeness (QED) is 0.614. The fourth-order valence-electron chi connectivity index (χ4n) is 4.52. The average Bonchev–Trinajstić information content (AvgIpc) is 2.45. The van der Waals surface area contributed by atoms with Crippen LogP contribution in [-0.4, -0.2) is 46.8 Å². The molecule has 4 atom stereocenters. The van der Waals surface area contributed by atoms with E-state index in [1.807, 2.05) is 11.0 Å². The Kier molecular flexibility index (Phi) is 2.47. The second-order valence-electron chi connectivity index (χ2n) is 6.37. The Morgan fingerprint density at radius 2 is 2.05 bits per heavy atom. The average molecular weight is 260 g/mol. The molecule has 3 fully saturated rings. The van der Waals surface area contributed by atoms with Gasteiger partial charge in [-0.25, -0.2) is 0 Å². The number of carbonyl (C=O) groups is 2. The van der Waals surface area contributed by atoms with E-state index in [4.69, 9.17) is 0 Å². The summed E-state index contributed by atoms with van der Waals surface area (Å²) in [6, 6.07) is 0.435. The highest BCUT2D eigenvalue weighted by Gasteiger charge is 2.51. The molecule has 4 nitrogen and oxygen atoms in total. The normalized spacial score (nSPS) is 41.1. The minimum atomic E-state index is 0.0219. The molecule has 2 amide bonds. The van der Waals surface area contributed by atoms with Gasteiger partial charge < -0.3 is 9.80 Å². The molecule has 0 aliphatic carbocycles. The van der Waals surface area contributed by atoms with Gasteiger partial charge in [0.25, 0.3) is 0 Å². The summed E-state index contributed by atoms with van der Waals surface area (Å²) in [5.41, 5.74) is 0. The van der Waals surface area contributed by atoms with E-state index < -0.39 is 0 Å². The van der Waals surface area contributed by atoms with Gasteiger partial charge in [-0.3, -0.25) is 9.59 Å². The van der Waals surface area contributed by atoms with E-state index in [-0.39, 0.29) is 17.9 Å². The molecule has 2 bridgehead atoms. The fraction of sp³-hybridized carbons (Fsp3) is 0.733. The third-order valence-electron chi connectivity index (χ3n) is 5.40. The third-order valence-corrected chi connectivity index (χ3v) is 5.40. The maximum absolute atomic E-state index is 12.7. The first-order valence-electron chi connectivity index (χ1n) is 7.52. The smallest absolute Gasteiger partial charge is 0.228 e. The van der Waals surface area contributed by atoms with Crippen LogP contribution >= 0.6 is 0 Å². The summed E-state index contributed by atoms with van der Waals surface area (Å²) in [4.78, 5) is 28.9. The molecular formula is C15H20N2O2. The van der Waals surface area contributed by atoms with Crippen molar-refractivity contribution >= 4 is 11.8 Å². The molecule has 0 spiro atoms. The maximum atomic E-state index is 12.7. The molecule has 19 heavy (non-hydrogen) atoms. The van der Waals surface area contributed by atoms with Gasteiger partial charge in [-0.05, 0) is 31.6 Å². The number of hydrogen-bond donors (Lipinski definition) is 0. The van der Waals surface area contributed by atoms with Crippen molar-refractivity contribution in [2.75, 3.05) is 13.1 Å². The lowest BCUT2D eigenvalue weighted by Gasteiger charge is -2.55. The summed E-state index contributed by atoms with van der Waals surface area (Å²) < 4.78 is 0. The molecule has 0 N–H and O–H groups in total. The summed E-state index contributed by atoms with van der Waals surface area (Å²) in [6.45, 7) is 1.79. The van der Waals surface area contributed by atoms with E-state index in [9.17, 15) is 9.59 Å². The van der Waals surface area contributed by atoms with Crippen LogP contribution < -0.4 is 0 Å². The van der Waals surface area contributed by atoms with Gasteiger partial charge in [0.15, 0.2) is 0 Å². The molecule has 0 aromatic rings. The molecule has 0 saturated carbocycles. The van der Waals surface area contributed by atoms with E-state index in [1.54, 1.807) is 0 Å². The van der Waals surface area contributed by atoms with Crippen LogP contribution in [0.15, 0.2) is 12.2 Å². The van der Waals surface area contributed by atoms with Crippen LogP contribution in [0.2, 0.25) is 0 Å².